The van der Waals surface area contributed by atoms with Gasteiger partial charge in [0.15, 0.2) is 0 Å². The van der Waals surface area contributed by atoms with Crippen LogP contribution < -0.4 is 11.3 Å². The smallest absolute Gasteiger partial charge is 0.268 e. The number of methoxy groups -OCH3 is 1. The average molecular weight is 228 g/mol. The first kappa shape index (κ1) is 12.7. The van der Waals surface area contributed by atoms with Gasteiger partial charge in [0.25, 0.3) is 5.91 Å². The van der Waals surface area contributed by atoms with Gasteiger partial charge in [-0.15, -0.1) is 0 Å². The topological polar surface area (TPSA) is 86.7 Å². The molecular formula is C10H16N2O4. The first-order valence-electron chi connectivity index (χ1n) is 4.86. The third-order valence-corrected chi connectivity index (χ3v) is 1.96. The van der Waals surface area contributed by atoms with E-state index in [9.17, 15) is 4.79 Å². The third kappa shape index (κ3) is 3.65. The van der Waals surface area contributed by atoms with Gasteiger partial charge >= 0.3 is 0 Å². The molecule has 0 aromatic carbocycles. The first-order chi connectivity index (χ1) is 7.67. The van der Waals surface area contributed by atoms with E-state index in [-0.39, 0.29) is 12.0 Å². The molecule has 1 atom stereocenters. The van der Waals surface area contributed by atoms with Crippen LogP contribution >= 0.6 is 0 Å². The maximum absolute atomic E-state index is 11.1. The summed E-state index contributed by atoms with van der Waals surface area (Å²) in [5, 5.41) is 0. The minimum atomic E-state index is -0.389. The Morgan fingerprint density at radius 1 is 1.69 bits per heavy atom. The van der Waals surface area contributed by atoms with Crippen molar-refractivity contribution < 1.29 is 18.7 Å². The molecule has 0 bridgehead atoms. The van der Waals surface area contributed by atoms with E-state index in [1.807, 2.05) is 12.3 Å². The van der Waals surface area contributed by atoms with Crippen molar-refractivity contribution in [3.63, 3.8) is 0 Å². The van der Waals surface area contributed by atoms with E-state index in [1.54, 1.807) is 13.2 Å². The van der Waals surface area contributed by atoms with Gasteiger partial charge in [-0.25, -0.2) is 5.84 Å². The fraction of sp³-hybridized carbons (Fsp3) is 0.500. The Morgan fingerprint density at radius 3 is 3.06 bits per heavy atom. The number of carbonyl (C=O) groups excluding carboxylic acids is 1. The Morgan fingerprint density at radius 2 is 2.44 bits per heavy atom. The largest absolute Gasteiger partial charge is 0.466 e. The molecule has 3 N–H and O–H groups in total. The van der Waals surface area contributed by atoms with Crippen LogP contribution in [-0.2, 0) is 16.1 Å². The number of hydrogen-bond acceptors (Lipinski definition) is 5. The molecule has 0 saturated carbocycles. The van der Waals surface area contributed by atoms with Gasteiger partial charge in [-0.3, -0.25) is 10.2 Å². The average Bonchev–Trinajstić information content (AvgIpc) is 2.74. The Hall–Kier alpha value is -1.37. The molecule has 1 rings (SSSR count). The van der Waals surface area contributed by atoms with Crippen LogP contribution in [0.5, 0.6) is 0 Å². The van der Waals surface area contributed by atoms with Crippen LogP contribution in [0.4, 0.5) is 0 Å². The third-order valence-electron chi connectivity index (χ3n) is 1.96. The van der Waals surface area contributed by atoms with E-state index < -0.39 is 0 Å². The van der Waals surface area contributed by atoms with Gasteiger partial charge < -0.3 is 13.9 Å². The van der Waals surface area contributed by atoms with E-state index in [4.69, 9.17) is 19.7 Å². The Bertz CT molecular complexity index is 337. The summed E-state index contributed by atoms with van der Waals surface area (Å²) in [5.74, 6) is 5.17. The summed E-state index contributed by atoms with van der Waals surface area (Å²) in [6.45, 7) is 2.69. The van der Waals surface area contributed by atoms with E-state index in [0.29, 0.717) is 24.5 Å². The van der Waals surface area contributed by atoms with Gasteiger partial charge in [-0.05, 0) is 13.0 Å². The zero-order valence-electron chi connectivity index (χ0n) is 9.36. The predicted molar refractivity (Wildman–Crippen MR) is 56.5 cm³/mol. The number of nitrogens with two attached hydrogens (primary N) is 1. The lowest BCUT2D eigenvalue weighted by Crippen LogP contribution is -2.29. The van der Waals surface area contributed by atoms with Crippen molar-refractivity contribution in [2.75, 3.05) is 13.7 Å². The number of carbonyl (C=O) groups is 1. The van der Waals surface area contributed by atoms with Crippen LogP contribution in [0.2, 0.25) is 0 Å². The molecule has 0 aliphatic carbocycles. The van der Waals surface area contributed by atoms with Crippen molar-refractivity contribution in [2.45, 2.75) is 19.6 Å². The highest BCUT2D eigenvalue weighted by Gasteiger charge is 2.09. The minimum Gasteiger partial charge on any atom is -0.466 e. The van der Waals surface area contributed by atoms with Crippen molar-refractivity contribution in [2.24, 2.45) is 5.84 Å². The molecule has 1 aromatic rings. The lowest BCUT2D eigenvalue weighted by molar-refractivity contribution is -0.00635. The van der Waals surface area contributed by atoms with E-state index in [1.165, 1.54) is 6.26 Å². The number of hydrogen-bond donors (Lipinski definition) is 2. The highest BCUT2D eigenvalue weighted by atomic mass is 16.5. The summed E-state index contributed by atoms with van der Waals surface area (Å²) in [5.41, 5.74) is 2.40. The second kappa shape index (κ2) is 6.26. The predicted octanol–water partition coefficient (Wildman–Crippen LogP) is 0.435. The number of furan rings is 1. The SMILES string of the molecule is COCC(C)OCc1cc(C(=O)NN)co1. The summed E-state index contributed by atoms with van der Waals surface area (Å²) in [6, 6.07) is 1.59. The highest BCUT2D eigenvalue weighted by molar-refractivity contribution is 5.93. The number of hydrazine groups is 1. The first-order valence-corrected chi connectivity index (χ1v) is 4.86. The molecule has 0 aliphatic heterocycles. The molecule has 0 fully saturated rings. The molecule has 0 aliphatic rings. The van der Waals surface area contributed by atoms with Gasteiger partial charge in [-0.1, -0.05) is 0 Å². The molecule has 1 heterocycles. The summed E-state index contributed by atoms with van der Waals surface area (Å²) >= 11 is 0. The zero-order chi connectivity index (χ0) is 12.0. The standard InChI is InChI=1S/C10H16N2O4/c1-7(4-14-2)15-6-9-3-8(5-16-9)10(13)12-11/h3,5,7H,4,6,11H2,1-2H3,(H,12,13). The maximum atomic E-state index is 11.1. The Kier molecular flexibility index (Phi) is 4.97. The molecule has 1 amide bonds. The van der Waals surface area contributed by atoms with Crippen molar-refractivity contribution in [3.05, 3.63) is 23.7 Å². The van der Waals surface area contributed by atoms with Crippen molar-refractivity contribution in [3.8, 4) is 0 Å². The lowest BCUT2D eigenvalue weighted by atomic mass is 10.3. The van der Waals surface area contributed by atoms with Crippen LogP contribution in [0, 0.1) is 0 Å². The molecule has 0 spiro atoms. The van der Waals surface area contributed by atoms with Gasteiger partial charge in [0, 0.05) is 7.11 Å². The molecule has 6 nitrogen and oxygen atoms in total. The molecule has 0 saturated heterocycles. The second-order valence-corrected chi connectivity index (χ2v) is 3.35. The summed E-state index contributed by atoms with van der Waals surface area (Å²) in [6.07, 6.45) is 1.31. The van der Waals surface area contributed by atoms with E-state index in [2.05, 4.69) is 0 Å². The molecule has 0 radical (unpaired) electrons. The van der Waals surface area contributed by atoms with Crippen molar-refractivity contribution >= 4 is 5.91 Å². The summed E-state index contributed by atoms with van der Waals surface area (Å²) in [4.78, 5) is 11.1. The number of nitrogen functional groups attached to an aromatic ring is 1. The highest BCUT2D eigenvalue weighted by Crippen LogP contribution is 2.09. The molecular weight excluding hydrogens is 212 g/mol. The van der Waals surface area contributed by atoms with E-state index in [0.717, 1.165) is 0 Å². The Balaban J connectivity index is 2.43. The second-order valence-electron chi connectivity index (χ2n) is 3.35. The summed E-state index contributed by atoms with van der Waals surface area (Å²) < 4.78 is 15.5. The molecule has 1 unspecified atom stereocenters. The molecule has 6 heteroatoms. The number of ether oxygens (including phenoxy) is 2. The van der Waals surface area contributed by atoms with Crippen LogP contribution in [0.15, 0.2) is 16.7 Å². The minimum absolute atomic E-state index is 0.0260. The van der Waals surface area contributed by atoms with Gasteiger partial charge in [-0.2, -0.15) is 0 Å². The fourth-order valence-corrected chi connectivity index (χ4v) is 1.17. The van der Waals surface area contributed by atoms with Gasteiger partial charge in [0.2, 0.25) is 0 Å². The number of amides is 1. The van der Waals surface area contributed by atoms with Gasteiger partial charge in [0.1, 0.15) is 18.6 Å². The molecule has 90 valence electrons. The lowest BCUT2D eigenvalue weighted by Gasteiger charge is -2.09. The summed E-state index contributed by atoms with van der Waals surface area (Å²) in [7, 11) is 1.61. The van der Waals surface area contributed by atoms with Crippen molar-refractivity contribution in [1.82, 2.24) is 5.43 Å². The zero-order valence-corrected chi connectivity index (χ0v) is 9.36. The normalized spacial score (nSPS) is 12.4. The van der Waals surface area contributed by atoms with E-state index >= 15 is 0 Å². The van der Waals surface area contributed by atoms with Crippen LogP contribution in [0.1, 0.15) is 23.0 Å². The van der Waals surface area contributed by atoms with Crippen LogP contribution in [0.25, 0.3) is 0 Å². The monoisotopic (exact) mass is 228 g/mol. The maximum Gasteiger partial charge on any atom is 0.268 e. The van der Waals surface area contributed by atoms with Crippen LogP contribution in [-0.4, -0.2) is 25.7 Å². The fourth-order valence-electron chi connectivity index (χ4n) is 1.17. The Labute approximate surface area is 93.7 Å². The number of nitrogens with one attached hydrogen (secondary N) is 1. The van der Waals surface area contributed by atoms with Crippen molar-refractivity contribution in [1.29, 1.82) is 0 Å². The number of rotatable bonds is 6. The van der Waals surface area contributed by atoms with Crippen LogP contribution in [0.3, 0.4) is 0 Å². The van der Waals surface area contributed by atoms with Gasteiger partial charge in [0.05, 0.1) is 18.3 Å². The molecule has 16 heavy (non-hydrogen) atoms. The molecule has 1 aromatic heterocycles. The quantitative estimate of drug-likeness (QED) is 0.419.